The van der Waals surface area contributed by atoms with E-state index in [1.165, 1.54) is 6.42 Å². The maximum atomic E-state index is 11.7. The second-order valence-corrected chi connectivity index (χ2v) is 8.20. The molecule has 0 fully saturated rings. The molecule has 0 spiro atoms. The van der Waals surface area contributed by atoms with Crippen molar-refractivity contribution in [1.29, 1.82) is 0 Å². The monoisotopic (exact) mass is 421 g/mol. The van der Waals surface area contributed by atoms with E-state index in [-0.39, 0.29) is 11.4 Å². The summed E-state index contributed by atoms with van der Waals surface area (Å²) in [4.78, 5) is 34.6. The zero-order chi connectivity index (χ0) is 18.9. The van der Waals surface area contributed by atoms with Gasteiger partial charge in [-0.05, 0) is 42.8 Å². The number of hydrogen-bond donors (Lipinski definition) is 3. The molecule has 7 nitrogen and oxygen atoms in total. The molecule has 0 aliphatic heterocycles. The Morgan fingerprint density at radius 3 is 2.29 bits per heavy atom. The van der Waals surface area contributed by atoms with Crippen LogP contribution in [0.5, 0.6) is 0 Å². The van der Waals surface area contributed by atoms with Crippen LogP contribution in [0.15, 0.2) is 9.85 Å². The van der Waals surface area contributed by atoms with Crippen molar-refractivity contribution in [2.75, 3.05) is 11.9 Å². The molecule has 0 radical (unpaired) electrons. The summed E-state index contributed by atoms with van der Waals surface area (Å²) in [5, 5.41) is 4.82. The summed E-state index contributed by atoms with van der Waals surface area (Å²) >= 11 is 4.32. The number of primary amides is 1. The van der Waals surface area contributed by atoms with Crippen molar-refractivity contribution < 1.29 is 19.1 Å². The molecule has 3 amide bonds. The van der Waals surface area contributed by atoms with Crippen LogP contribution in [0.3, 0.4) is 0 Å². The quantitative estimate of drug-likeness (QED) is 0.690. The second kappa shape index (κ2) is 10.3. The van der Waals surface area contributed by atoms with E-state index >= 15 is 0 Å². The van der Waals surface area contributed by atoms with Crippen molar-refractivity contribution in [3.05, 3.63) is 14.7 Å². The van der Waals surface area contributed by atoms with Crippen LogP contribution in [0, 0.1) is 0 Å². The van der Waals surface area contributed by atoms with Crippen molar-refractivity contribution >= 4 is 50.9 Å². The lowest BCUT2D eigenvalue weighted by Gasteiger charge is -2.19. The van der Waals surface area contributed by atoms with Crippen LogP contribution >= 0.6 is 27.3 Å². The number of ether oxygens (including phenoxy) is 1. The van der Waals surface area contributed by atoms with E-state index in [1.807, 2.05) is 0 Å². The Kier molecular flexibility index (Phi) is 9.60. The van der Waals surface area contributed by atoms with Crippen molar-refractivity contribution in [1.82, 2.24) is 5.32 Å². The largest absolute Gasteiger partial charge is 0.444 e. The van der Waals surface area contributed by atoms with E-state index in [0.29, 0.717) is 9.47 Å². The Balaban J connectivity index is 0.00000163. The summed E-state index contributed by atoms with van der Waals surface area (Å²) in [5.41, 5.74) is 4.87. The smallest absolute Gasteiger partial charge is 0.408 e. The van der Waals surface area contributed by atoms with Crippen LogP contribution in [-0.2, 0) is 9.53 Å². The number of nitrogens with two attached hydrogens (primary N) is 1. The zero-order valence-electron chi connectivity index (χ0n) is 14.5. The van der Waals surface area contributed by atoms with Gasteiger partial charge in [-0.1, -0.05) is 20.3 Å². The summed E-state index contributed by atoms with van der Waals surface area (Å²) in [6.07, 6.45) is 0.555. The summed E-state index contributed by atoms with van der Waals surface area (Å²) in [5.74, 6) is -1.13. The number of thiophene rings is 1. The van der Waals surface area contributed by atoms with Gasteiger partial charge in [0.15, 0.2) is 0 Å². The highest BCUT2D eigenvalue weighted by Gasteiger charge is 2.18. The number of nitrogens with one attached hydrogen (secondary N) is 2. The fraction of sp³-hybridized carbons (Fsp3) is 0.533. The molecule has 4 N–H and O–H groups in total. The van der Waals surface area contributed by atoms with E-state index in [1.54, 1.807) is 26.8 Å². The predicted octanol–water partition coefficient (Wildman–Crippen LogP) is 3.49. The SMILES string of the molecule is CC(C)(C)OC(=O)NCC(=O)Nc1cc(Br)sc1C(N)=O.CCC. The first-order chi connectivity index (χ1) is 11.0. The minimum absolute atomic E-state index is 0.229. The average molecular weight is 422 g/mol. The van der Waals surface area contributed by atoms with E-state index < -0.39 is 23.5 Å². The van der Waals surface area contributed by atoms with Crippen LogP contribution in [0.1, 0.15) is 50.7 Å². The van der Waals surface area contributed by atoms with Crippen LogP contribution in [0.4, 0.5) is 10.5 Å². The van der Waals surface area contributed by atoms with Gasteiger partial charge >= 0.3 is 6.09 Å². The van der Waals surface area contributed by atoms with Gasteiger partial charge in [-0.2, -0.15) is 0 Å². The third-order valence-electron chi connectivity index (χ3n) is 1.99. The molecule has 0 saturated carbocycles. The zero-order valence-corrected chi connectivity index (χ0v) is 16.9. The maximum Gasteiger partial charge on any atom is 0.408 e. The van der Waals surface area contributed by atoms with Crippen LogP contribution < -0.4 is 16.4 Å². The third-order valence-corrected chi connectivity index (χ3v) is 3.64. The molecule has 1 aromatic rings. The van der Waals surface area contributed by atoms with Crippen molar-refractivity contribution in [3.8, 4) is 0 Å². The van der Waals surface area contributed by atoms with Gasteiger partial charge in [-0.25, -0.2) is 4.79 Å². The highest BCUT2D eigenvalue weighted by atomic mass is 79.9. The summed E-state index contributed by atoms with van der Waals surface area (Å²) in [6, 6.07) is 1.57. The number of rotatable bonds is 4. The Labute approximate surface area is 154 Å². The predicted molar refractivity (Wildman–Crippen MR) is 99.4 cm³/mol. The molecular weight excluding hydrogens is 398 g/mol. The number of hydrogen-bond acceptors (Lipinski definition) is 5. The maximum absolute atomic E-state index is 11.7. The molecule has 1 rings (SSSR count). The molecule has 0 saturated heterocycles. The van der Waals surface area contributed by atoms with E-state index in [0.717, 1.165) is 11.3 Å². The van der Waals surface area contributed by atoms with Gasteiger partial charge in [0.25, 0.3) is 5.91 Å². The Hall–Kier alpha value is -1.61. The molecule has 1 heterocycles. The average Bonchev–Trinajstić information content (AvgIpc) is 2.76. The molecule has 0 aliphatic carbocycles. The van der Waals surface area contributed by atoms with Crippen molar-refractivity contribution in [3.63, 3.8) is 0 Å². The Morgan fingerprint density at radius 2 is 1.83 bits per heavy atom. The van der Waals surface area contributed by atoms with Gasteiger partial charge in [-0.3, -0.25) is 9.59 Å². The number of amides is 3. The lowest BCUT2D eigenvalue weighted by Crippen LogP contribution is -2.37. The number of alkyl carbamates (subject to hydrolysis) is 1. The van der Waals surface area contributed by atoms with Gasteiger partial charge in [-0.15, -0.1) is 11.3 Å². The Bertz CT molecular complexity index is 582. The molecule has 1 aromatic heterocycles. The molecule has 0 aliphatic rings. The van der Waals surface area contributed by atoms with Gasteiger partial charge < -0.3 is 21.1 Å². The van der Waals surface area contributed by atoms with Gasteiger partial charge in [0.2, 0.25) is 5.91 Å². The molecular formula is C15H24BrN3O4S. The molecule has 0 unspecified atom stereocenters. The van der Waals surface area contributed by atoms with Gasteiger partial charge in [0.05, 0.1) is 9.47 Å². The molecule has 9 heteroatoms. The minimum Gasteiger partial charge on any atom is -0.444 e. The lowest BCUT2D eigenvalue weighted by molar-refractivity contribution is -0.115. The summed E-state index contributed by atoms with van der Waals surface area (Å²) in [7, 11) is 0. The first-order valence-corrected chi connectivity index (χ1v) is 8.96. The number of anilines is 1. The van der Waals surface area contributed by atoms with Crippen LogP contribution in [-0.4, -0.2) is 30.1 Å². The number of halogens is 1. The van der Waals surface area contributed by atoms with Crippen molar-refractivity contribution in [2.45, 2.75) is 46.6 Å². The highest BCUT2D eigenvalue weighted by Crippen LogP contribution is 2.30. The van der Waals surface area contributed by atoms with Crippen LogP contribution in [0.2, 0.25) is 0 Å². The van der Waals surface area contributed by atoms with E-state index in [4.69, 9.17) is 10.5 Å². The first kappa shape index (κ1) is 22.4. The highest BCUT2D eigenvalue weighted by molar-refractivity contribution is 9.11. The number of carbonyl (C=O) groups excluding carboxylic acids is 3. The van der Waals surface area contributed by atoms with E-state index in [2.05, 4.69) is 40.4 Å². The third kappa shape index (κ3) is 9.51. The van der Waals surface area contributed by atoms with Gasteiger partial charge in [0.1, 0.15) is 17.0 Å². The Morgan fingerprint density at radius 1 is 1.29 bits per heavy atom. The molecule has 0 aromatic carbocycles. The molecule has 0 bridgehead atoms. The molecule has 0 atom stereocenters. The van der Waals surface area contributed by atoms with Gasteiger partial charge in [0, 0.05) is 0 Å². The standard InChI is InChI=1S/C12H16BrN3O4S.C3H8/c1-12(2,3)20-11(19)15-5-8(17)16-6-4-7(13)21-9(6)10(14)18;1-3-2/h4H,5H2,1-3H3,(H2,14,18)(H,15,19)(H,16,17);3H2,1-2H3. The normalized spacial score (nSPS) is 10.2. The minimum atomic E-state index is -0.695. The topological polar surface area (TPSA) is 111 Å². The fourth-order valence-corrected chi connectivity index (χ4v) is 2.70. The number of carbonyl (C=O) groups is 3. The second-order valence-electron chi connectivity index (χ2n) is 5.77. The summed E-state index contributed by atoms with van der Waals surface area (Å²) in [6.45, 7) is 9.12. The van der Waals surface area contributed by atoms with Crippen molar-refractivity contribution in [2.24, 2.45) is 5.73 Å². The first-order valence-electron chi connectivity index (χ1n) is 7.36. The summed E-state index contributed by atoms with van der Waals surface area (Å²) < 4.78 is 5.65. The van der Waals surface area contributed by atoms with E-state index in [9.17, 15) is 14.4 Å². The molecule has 136 valence electrons. The lowest BCUT2D eigenvalue weighted by atomic mass is 10.2. The van der Waals surface area contributed by atoms with Crippen LogP contribution in [0.25, 0.3) is 0 Å². The fourth-order valence-electron chi connectivity index (χ4n) is 1.30. The molecule has 24 heavy (non-hydrogen) atoms.